The largest absolute Gasteiger partial charge is 0.508 e. The predicted octanol–water partition coefficient (Wildman–Crippen LogP) is 2.17. The zero-order chi connectivity index (χ0) is 12.5. The normalized spacial score (nSPS) is 10.9. The van der Waals surface area contributed by atoms with Crippen LogP contribution in [0.5, 0.6) is 5.75 Å². The minimum Gasteiger partial charge on any atom is -0.508 e. The van der Waals surface area contributed by atoms with Gasteiger partial charge in [-0.3, -0.25) is 4.40 Å². The molecule has 3 rings (SSSR count). The van der Waals surface area contributed by atoms with Crippen LogP contribution in [-0.4, -0.2) is 14.5 Å². The van der Waals surface area contributed by atoms with E-state index in [0.29, 0.717) is 6.54 Å². The van der Waals surface area contributed by atoms with Crippen molar-refractivity contribution in [2.45, 2.75) is 6.54 Å². The van der Waals surface area contributed by atoms with Crippen molar-refractivity contribution < 1.29 is 5.11 Å². The fourth-order valence-electron chi connectivity index (χ4n) is 2.01. The lowest BCUT2D eigenvalue weighted by Crippen LogP contribution is -1.98. The van der Waals surface area contributed by atoms with Gasteiger partial charge in [0.2, 0.25) is 0 Å². The Balaban J connectivity index is 2.22. The number of nitrogens with two attached hydrogens (primary N) is 1. The van der Waals surface area contributed by atoms with E-state index in [-0.39, 0.29) is 5.75 Å². The van der Waals surface area contributed by atoms with Gasteiger partial charge in [0.25, 0.3) is 0 Å². The van der Waals surface area contributed by atoms with Gasteiger partial charge in [-0.2, -0.15) is 0 Å². The fourth-order valence-corrected chi connectivity index (χ4v) is 2.01. The highest BCUT2D eigenvalue weighted by Crippen LogP contribution is 2.23. The van der Waals surface area contributed by atoms with Gasteiger partial charge in [0, 0.05) is 18.3 Å². The van der Waals surface area contributed by atoms with Crippen LogP contribution in [0.2, 0.25) is 0 Å². The fraction of sp³-hybridized carbons (Fsp3) is 0.0714. The molecule has 0 aliphatic heterocycles. The van der Waals surface area contributed by atoms with E-state index in [4.69, 9.17) is 5.73 Å². The van der Waals surface area contributed by atoms with Gasteiger partial charge in [-0.1, -0.05) is 18.2 Å². The van der Waals surface area contributed by atoms with E-state index in [9.17, 15) is 5.11 Å². The minimum atomic E-state index is 0.235. The molecule has 0 aliphatic rings. The van der Waals surface area contributed by atoms with Crippen molar-refractivity contribution in [1.29, 1.82) is 0 Å². The van der Waals surface area contributed by atoms with Crippen LogP contribution in [0.25, 0.3) is 16.9 Å². The van der Waals surface area contributed by atoms with Crippen LogP contribution in [0.4, 0.5) is 0 Å². The number of nitrogens with zero attached hydrogens (tertiary/aromatic N) is 2. The molecule has 3 aromatic rings. The third-order valence-corrected chi connectivity index (χ3v) is 2.93. The second-order valence-electron chi connectivity index (χ2n) is 4.17. The summed E-state index contributed by atoms with van der Waals surface area (Å²) < 4.78 is 1.98. The van der Waals surface area contributed by atoms with Crippen molar-refractivity contribution in [3.8, 4) is 17.1 Å². The van der Waals surface area contributed by atoms with Crippen LogP contribution < -0.4 is 5.73 Å². The van der Waals surface area contributed by atoms with E-state index in [1.807, 2.05) is 28.8 Å². The van der Waals surface area contributed by atoms with Gasteiger partial charge in [-0.05, 0) is 23.8 Å². The molecule has 90 valence electrons. The molecule has 2 heterocycles. The van der Waals surface area contributed by atoms with Gasteiger partial charge in [0.1, 0.15) is 11.6 Å². The SMILES string of the molecule is NCc1ccc2cnc(-c3cccc(O)c3)n2c1. The maximum absolute atomic E-state index is 9.53. The van der Waals surface area contributed by atoms with Gasteiger partial charge >= 0.3 is 0 Å². The molecule has 0 bridgehead atoms. The smallest absolute Gasteiger partial charge is 0.144 e. The topological polar surface area (TPSA) is 63.5 Å². The molecule has 4 heteroatoms. The Hall–Kier alpha value is -2.33. The summed E-state index contributed by atoms with van der Waals surface area (Å²) in [5.41, 5.74) is 8.58. The minimum absolute atomic E-state index is 0.235. The van der Waals surface area contributed by atoms with Gasteiger partial charge in [-0.15, -0.1) is 0 Å². The number of hydrogen-bond donors (Lipinski definition) is 2. The van der Waals surface area contributed by atoms with Crippen molar-refractivity contribution in [3.05, 3.63) is 54.4 Å². The molecule has 0 amide bonds. The lowest BCUT2D eigenvalue weighted by molar-refractivity contribution is 0.475. The highest BCUT2D eigenvalue weighted by Gasteiger charge is 2.07. The first-order valence-corrected chi connectivity index (χ1v) is 5.73. The molecule has 3 N–H and O–H groups in total. The number of pyridine rings is 1. The van der Waals surface area contributed by atoms with E-state index in [0.717, 1.165) is 22.5 Å². The highest BCUT2D eigenvalue weighted by molar-refractivity contribution is 5.63. The number of fused-ring (bicyclic) bond motifs is 1. The number of benzene rings is 1. The first-order chi connectivity index (χ1) is 8.78. The highest BCUT2D eigenvalue weighted by atomic mass is 16.3. The second kappa shape index (κ2) is 4.16. The van der Waals surface area contributed by atoms with Gasteiger partial charge < -0.3 is 10.8 Å². The molecule has 0 atom stereocenters. The van der Waals surface area contributed by atoms with Crippen LogP contribution in [0, 0.1) is 0 Å². The van der Waals surface area contributed by atoms with Crippen molar-refractivity contribution in [2.75, 3.05) is 0 Å². The maximum atomic E-state index is 9.53. The van der Waals surface area contributed by atoms with E-state index in [1.54, 1.807) is 24.4 Å². The summed E-state index contributed by atoms with van der Waals surface area (Å²) in [5, 5.41) is 9.53. The zero-order valence-corrected chi connectivity index (χ0v) is 9.74. The lowest BCUT2D eigenvalue weighted by Gasteiger charge is -2.04. The number of aromatic hydroxyl groups is 1. The summed E-state index contributed by atoms with van der Waals surface area (Å²) >= 11 is 0. The molecule has 0 saturated carbocycles. The quantitative estimate of drug-likeness (QED) is 0.720. The Morgan fingerprint density at radius 3 is 2.89 bits per heavy atom. The number of phenols is 1. The van der Waals surface area contributed by atoms with E-state index >= 15 is 0 Å². The number of imidazole rings is 1. The summed E-state index contributed by atoms with van der Waals surface area (Å²) in [6, 6.07) is 11.0. The number of aromatic nitrogens is 2. The Kier molecular flexibility index (Phi) is 2.50. The Morgan fingerprint density at radius 2 is 2.11 bits per heavy atom. The monoisotopic (exact) mass is 239 g/mol. The Bertz CT molecular complexity index is 703. The molecular formula is C14H13N3O. The molecule has 0 spiro atoms. The first kappa shape index (κ1) is 10.8. The average Bonchev–Trinajstić information content (AvgIpc) is 2.81. The molecular weight excluding hydrogens is 226 g/mol. The van der Waals surface area contributed by atoms with Crippen LogP contribution in [0.15, 0.2) is 48.8 Å². The van der Waals surface area contributed by atoms with E-state index in [1.165, 1.54) is 0 Å². The number of phenolic OH excluding ortho intramolecular Hbond substituents is 1. The van der Waals surface area contributed by atoms with Gasteiger partial charge in [-0.25, -0.2) is 4.98 Å². The molecule has 2 aromatic heterocycles. The maximum Gasteiger partial charge on any atom is 0.144 e. The molecule has 4 nitrogen and oxygen atoms in total. The van der Waals surface area contributed by atoms with Crippen molar-refractivity contribution in [1.82, 2.24) is 9.38 Å². The predicted molar refractivity (Wildman–Crippen MR) is 70.2 cm³/mol. The Labute approximate surface area is 104 Å². The number of rotatable bonds is 2. The van der Waals surface area contributed by atoms with E-state index < -0.39 is 0 Å². The molecule has 0 aliphatic carbocycles. The summed E-state index contributed by atoms with van der Waals surface area (Å²) in [5.74, 6) is 1.04. The molecule has 0 radical (unpaired) electrons. The Morgan fingerprint density at radius 1 is 1.22 bits per heavy atom. The third-order valence-electron chi connectivity index (χ3n) is 2.93. The molecule has 0 unspecified atom stereocenters. The van der Waals surface area contributed by atoms with Gasteiger partial charge in [0.05, 0.1) is 11.7 Å². The first-order valence-electron chi connectivity index (χ1n) is 5.73. The molecule has 0 saturated heterocycles. The summed E-state index contributed by atoms with van der Waals surface area (Å²) in [6.45, 7) is 0.494. The summed E-state index contributed by atoms with van der Waals surface area (Å²) in [4.78, 5) is 4.39. The molecule has 1 aromatic carbocycles. The van der Waals surface area contributed by atoms with Crippen LogP contribution >= 0.6 is 0 Å². The van der Waals surface area contributed by atoms with E-state index in [2.05, 4.69) is 4.98 Å². The summed E-state index contributed by atoms with van der Waals surface area (Å²) in [6.07, 6.45) is 3.78. The average molecular weight is 239 g/mol. The number of hydrogen-bond acceptors (Lipinski definition) is 3. The van der Waals surface area contributed by atoms with Crippen LogP contribution in [0.1, 0.15) is 5.56 Å². The van der Waals surface area contributed by atoms with Crippen LogP contribution in [0.3, 0.4) is 0 Å². The second-order valence-corrected chi connectivity index (χ2v) is 4.17. The molecule has 0 fully saturated rings. The summed E-state index contributed by atoms with van der Waals surface area (Å²) in [7, 11) is 0. The molecule has 18 heavy (non-hydrogen) atoms. The van der Waals surface area contributed by atoms with Gasteiger partial charge in [0.15, 0.2) is 0 Å². The standard InChI is InChI=1S/C14H13N3O/c15-7-10-4-5-12-8-16-14(17(12)9-10)11-2-1-3-13(18)6-11/h1-6,8-9,18H,7,15H2. The van der Waals surface area contributed by atoms with Crippen molar-refractivity contribution in [3.63, 3.8) is 0 Å². The van der Waals surface area contributed by atoms with Crippen molar-refractivity contribution in [2.24, 2.45) is 5.73 Å². The van der Waals surface area contributed by atoms with Crippen LogP contribution in [-0.2, 0) is 6.54 Å². The lowest BCUT2D eigenvalue weighted by atomic mass is 10.2. The van der Waals surface area contributed by atoms with Crippen molar-refractivity contribution >= 4 is 5.52 Å². The zero-order valence-electron chi connectivity index (χ0n) is 9.74. The third kappa shape index (κ3) is 1.72.